The zero-order chi connectivity index (χ0) is 12.4. The normalized spacial score (nSPS) is 10.5. The van der Waals surface area contributed by atoms with Crippen LogP contribution in [0.1, 0.15) is 11.5 Å². The van der Waals surface area contributed by atoms with Gasteiger partial charge in [0, 0.05) is 13.1 Å². The molecule has 8 heteroatoms. The lowest BCUT2D eigenvalue weighted by Gasteiger charge is -2.03. The standard InChI is InChI=1S/C9H11N5O3/c1-6-8(14(15)16)9(13(2)12-6)10-5-7-3-4-11-17-7/h3-4,10H,5H2,1-2H3. The van der Waals surface area contributed by atoms with Gasteiger partial charge in [0.25, 0.3) is 0 Å². The van der Waals surface area contributed by atoms with Gasteiger partial charge in [-0.15, -0.1) is 0 Å². The molecule has 90 valence electrons. The maximum Gasteiger partial charge on any atom is 0.333 e. The van der Waals surface area contributed by atoms with E-state index in [0.29, 0.717) is 23.8 Å². The van der Waals surface area contributed by atoms with Gasteiger partial charge in [-0.3, -0.25) is 10.1 Å². The number of hydrogen-bond donors (Lipinski definition) is 1. The summed E-state index contributed by atoms with van der Waals surface area (Å²) in [6.07, 6.45) is 1.51. The Bertz CT molecular complexity index is 531. The molecule has 0 bridgehead atoms. The van der Waals surface area contributed by atoms with Crippen LogP contribution in [0.5, 0.6) is 0 Å². The Hall–Kier alpha value is -2.38. The highest BCUT2D eigenvalue weighted by atomic mass is 16.6. The third-order valence-corrected chi connectivity index (χ3v) is 2.29. The van der Waals surface area contributed by atoms with Crippen LogP contribution < -0.4 is 5.32 Å². The van der Waals surface area contributed by atoms with Crippen molar-refractivity contribution in [3.63, 3.8) is 0 Å². The van der Waals surface area contributed by atoms with Crippen molar-refractivity contribution in [2.24, 2.45) is 7.05 Å². The summed E-state index contributed by atoms with van der Waals surface area (Å²) in [4.78, 5) is 10.4. The molecular weight excluding hydrogens is 226 g/mol. The Kier molecular flexibility index (Phi) is 2.77. The molecule has 0 saturated carbocycles. The molecule has 2 aromatic rings. The molecule has 2 heterocycles. The molecule has 0 spiro atoms. The molecule has 0 aromatic carbocycles. The molecule has 0 atom stereocenters. The van der Waals surface area contributed by atoms with Gasteiger partial charge in [0.1, 0.15) is 5.69 Å². The number of aryl methyl sites for hydroxylation is 2. The van der Waals surface area contributed by atoms with E-state index in [0.717, 1.165) is 0 Å². The second kappa shape index (κ2) is 4.24. The first-order valence-corrected chi connectivity index (χ1v) is 4.91. The van der Waals surface area contributed by atoms with Crippen LogP contribution in [0.25, 0.3) is 0 Å². The maximum atomic E-state index is 10.9. The highest BCUT2D eigenvalue weighted by molar-refractivity contribution is 5.59. The van der Waals surface area contributed by atoms with E-state index < -0.39 is 4.92 Å². The third-order valence-electron chi connectivity index (χ3n) is 2.29. The van der Waals surface area contributed by atoms with Crippen LogP contribution in [0.4, 0.5) is 11.5 Å². The fraction of sp³-hybridized carbons (Fsp3) is 0.333. The van der Waals surface area contributed by atoms with E-state index in [1.165, 1.54) is 10.9 Å². The van der Waals surface area contributed by atoms with E-state index in [4.69, 9.17) is 4.52 Å². The topological polar surface area (TPSA) is 99.0 Å². The Labute approximate surface area is 96.4 Å². The average Bonchev–Trinajstić information content (AvgIpc) is 2.83. The van der Waals surface area contributed by atoms with Gasteiger partial charge in [-0.2, -0.15) is 5.10 Å². The van der Waals surface area contributed by atoms with Gasteiger partial charge in [0.05, 0.1) is 17.7 Å². The lowest BCUT2D eigenvalue weighted by Crippen LogP contribution is -2.05. The number of nitrogens with zero attached hydrogens (tertiary/aromatic N) is 4. The van der Waals surface area contributed by atoms with Gasteiger partial charge >= 0.3 is 5.69 Å². The zero-order valence-electron chi connectivity index (χ0n) is 9.38. The Morgan fingerprint density at radius 2 is 2.41 bits per heavy atom. The molecule has 8 nitrogen and oxygen atoms in total. The molecule has 0 aliphatic carbocycles. The van der Waals surface area contributed by atoms with E-state index >= 15 is 0 Å². The van der Waals surface area contributed by atoms with Crippen molar-refractivity contribution >= 4 is 11.5 Å². The summed E-state index contributed by atoms with van der Waals surface area (Å²) in [6, 6.07) is 1.68. The lowest BCUT2D eigenvalue weighted by atomic mass is 10.3. The van der Waals surface area contributed by atoms with Gasteiger partial charge < -0.3 is 9.84 Å². The van der Waals surface area contributed by atoms with Crippen molar-refractivity contribution < 1.29 is 9.45 Å². The minimum absolute atomic E-state index is 0.0213. The SMILES string of the molecule is Cc1nn(C)c(NCc2ccno2)c1[N+](=O)[O-]. The molecule has 0 saturated heterocycles. The predicted octanol–water partition coefficient (Wildman–Crippen LogP) is 1.24. The molecule has 0 unspecified atom stereocenters. The number of rotatable bonds is 4. The molecule has 0 aliphatic rings. The van der Waals surface area contributed by atoms with Crippen molar-refractivity contribution in [1.82, 2.24) is 14.9 Å². The highest BCUT2D eigenvalue weighted by Gasteiger charge is 2.23. The van der Waals surface area contributed by atoms with Crippen molar-refractivity contribution in [1.29, 1.82) is 0 Å². The number of nitrogens with one attached hydrogen (secondary N) is 1. The van der Waals surface area contributed by atoms with Gasteiger partial charge in [-0.05, 0) is 6.92 Å². The molecule has 2 aromatic heterocycles. The van der Waals surface area contributed by atoms with E-state index in [2.05, 4.69) is 15.6 Å². The van der Waals surface area contributed by atoms with Crippen LogP contribution in [0.2, 0.25) is 0 Å². The van der Waals surface area contributed by atoms with Crippen molar-refractivity contribution in [2.75, 3.05) is 5.32 Å². The molecule has 0 radical (unpaired) electrons. The molecule has 0 aliphatic heterocycles. The first-order valence-electron chi connectivity index (χ1n) is 4.91. The van der Waals surface area contributed by atoms with E-state index in [1.54, 1.807) is 20.0 Å². The largest absolute Gasteiger partial charge is 0.360 e. The zero-order valence-corrected chi connectivity index (χ0v) is 9.38. The van der Waals surface area contributed by atoms with E-state index in [-0.39, 0.29) is 5.69 Å². The van der Waals surface area contributed by atoms with Crippen LogP contribution in [0, 0.1) is 17.0 Å². The summed E-state index contributed by atoms with van der Waals surface area (Å²) < 4.78 is 6.32. The summed E-state index contributed by atoms with van der Waals surface area (Å²) in [5, 5.41) is 21.4. The number of aromatic nitrogens is 3. The minimum atomic E-state index is -0.453. The predicted molar refractivity (Wildman–Crippen MR) is 58.4 cm³/mol. The number of nitro groups is 1. The second-order valence-electron chi connectivity index (χ2n) is 3.50. The van der Waals surface area contributed by atoms with Crippen molar-refractivity contribution in [3.05, 3.63) is 33.8 Å². The molecule has 0 fully saturated rings. The number of anilines is 1. The first kappa shape index (κ1) is 11.1. The van der Waals surface area contributed by atoms with Crippen molar-refractivity contribution in [2.45, 2.75) is 13.5 Å². The van der Waals surface area contributed by atoms with Gasteiger partial charge in [0.2, 0.25) is 5.82 Å². The molecule has 1 N–H and O–H groups in total. The minimum Gasteiger partial charge on any atom is -0.360 e. The smallest absolute Gasteiger partial charge is 0.333 e. The summed E-state index contributed by atoms with van der Waals surface area (Å²) in [5.41, 5.74) is 0.351. The first-order chi connectivity index (χ1) is 8.09. The monoisotopic (exact) mass is 237 g/mol. The van der Waals surface area contributed by atoms with Crippen LogP contribution in [0.15, 0.2) is 16.8 Å². The van der Waals surface area contributed by atoms with E-state index in [9.17, 15) is 10.1 Å². The van der Waals surface area contributed by atoms with Crippen LogP contribution in [-0.4, -0.2) is 19.9 Å². The molecule has 17 heavy (non-hydrogen) atoms. The maximum absolute atomic E-state index is 10.9. The number of hydrogen-bond acceptors (Lipinski definition) is 6. The van der Waals surface area contributed by atoms with Gasteiger partial charge in [-0.1, -0.05) is 5.16 Å². The lowest BCUT2D eigenvalue weighted by molar-refractivity contribution is -0.384. The molecule has 2 rings (SSSR count). The molecular formula is C9H11N5O3. The second-order valence-corrected chi connectivity index (χ2v) is 3.50. The summed E-state index contributed by atoms with van der Waals surface area (Å²) in [5.74, 6) is 0.946. The molecule has 0 amide bonds. The Morgan fingerprint density at radius 1 is 1.65 bits per heavy atom. The fourth-order valence-electron chi connectivity index (χ4n) is 1.57. The third kappa shape index (κ3) is 2.10. The Balaban J connectivity index is 2.23. The average molecular weight is 237 g/mol. The fourth-order valence-corrected chi connectivity index (χ4v) is 1.57. The van der Waals surface area contributed by atoms with Crippen molar-refractivity contribution in [3.8, 4) is 0 Å². The summed E-state index contributed by atoms with van der Waals surface area (Å²) in [6.45, 7) is 1.91. The van der Waals surface area contributed by atoms with Crippen LogP contribution in [-0.2, 0) is 13.6 Å². The summed E-state index contributed by atoms with van der Waals surface area (Å²) in [7, 11) is 1.64. The summed E-state index contributed by atoms with van der Waals surface area (Å²) >= 11 is 0. The van der Waals surface area contributed by atoms with Crippen LogP contribution >= 0.6 is 0 Å². The Morgan fingerprint density at radius 3 is 3.00 bits per heavy atom. The van der Waals surface area contributed by atoms with Crippen LogP contribution in [0.3, 0.4) is 0 Å². The van der Waals surface area contributed by atoms with Gasteiger partial charge in [0.15, 0.2) is 5.76 Å². The van der Waals surface area contributed by atoms with Gasteiger partial charge in [-0.25, -0.2) is 4.68 Å². The highest BCUT2D eigenvalue weighted by Crippen LogP contribution is 2.27. The quantitative estimate of drug-likeness (QED) is 0.634. The van der Waals surface area contributed by atoms with E-state index in [1.807, 2.05) is 0 Å².